The molecular formula is C15H14ClNO6. The second-order valence-corrected chi connectivity index (χ2v) is 4.73. The lowest BCUT2D eigenvalue weighted by Gasteiger charge is -2.13. The fraction of sp³-hybridized carbons (Fsp3) is 0.200. The molecule has 1 amide bonds. The van der Waals surface area contributed by atoms with Crippen LogP contribution < -0.4 is 14.8 Å². The molecule has 1 aromatic heterocycles. The first kappa shape index (κ1) is 16.7. The van der Waals surface area contributed by atoms with E-state index in [-0.39, 0.29) is 5.56 Å². The lowest BCUT2D eigenvalue weighted by molar-refractivity contribution is -0.119. The topological polar surface area (TPSA) is 87.0 Å². The number of amides is 1. The van der Waals surface area contributed by atoms with Gasteiger partial charge in [-0.25, -0.2) is 4.79 Å². The summed E-state index contributed by atoms with van der Waals surface area (Å²) in [5.41, 5.74) is 0.561. The number of esters is 1. The summed E-state index contributed by atoms with van der Waals surface area (Å²) in [7, 11) is 2.91. The van der Waals surface area contributed by atoms with E-state index in [1.807, 2.05) is 0 Å². The third-order valence-electron chi connectivity index (χ3n) is 2.84. The van der Waals surface area contributed by atoms with Crippen LogP contribution in [0.3, 0.4) is 0 Å². The summed E-state index contributed by atoms with van der Waals surface area (Å²) in [5.74, 6) is -0.427. The summed E-state index contributed by atoms with van der Waals surface area (Å²) in [6, 6.07) is 4.46. The summed E-state index contributed by atoms with van der Waals surface area (Å²) in [4.78, 5) is 23.5. The van der Waals surface area contributed by atoms with Crippen LogP contribution in [0.2, 0.25) is 5.02 Å². The Hall–Kier alpha value is -2.67. The average molecular weight is 340 g/mol. The van der Waals surface area contributed by atoms with Gasteiger partial charge >= 0.3 is 5.97 Å². The van der Waals surface area contributed by atoms with Crippen LogP contribution in [-0.4, -0.2) is 32.7 Å². The zero-order chi connectivity index (χ0) is 16.8. The summed E-state index contributed by atoms with van der Waals surface area (Å²) in [5, 5.41) is 2.85. The SMILES string of the molecule is COc1cc(OC)c(NC(=O)COC(=O)c2ccoc2)cc1Cl. The van der Waals surface area contributed by atoms with E-state index in [2.05, 4.69) is 5.32 Å². The largest absolute Gasteiger partial charge is 0.495 e. The van der Waals surface area contributed by atoms with Crippen LogP contribution >= 0.6 is 11.6 Å². The standard InChI is InChI=1S/C15H14ClNO6/c1-20-12-6-13(21-2)11(5-10(12)16)17-14(18)8-23-15(19)9-3-4-22-7-9/h3-7H,8H2,1-2H3,(H,17,18). The predicted octanol–water partition coefficient (Wildman–Crippen LogP) is 2.75. The van der Waals surface area contributed by atoms with Gasteiger partial charge in [0.2, 0.25) is 0 Å². The van der Waals surface area contributed by atoms with Crippen molar-refractivity contribution in [2.24, 2.45) is 0 Å². The van der Waals surface area contributed by atoms with Gasteiger partial charge in [-0.05, 0) is 12.1 Å². The van der Waals surface area contributed by atoms with Crippen molar-refractivity contribution in [3.8, 4) is 11.5 Å². The zero-order valence-electron chi connectivity index (χ0n) is 12.4. The molecule has 2 aromatic rings. The zero-order valence-corrected chi connectivity index (χ0v) is 13.2. The van der Waals surface area contributed by atoms with E-state index in [4.69, 9.17) is 30.2 Å². The minimum atomic E-state index is -0.659. The number of furan rings is 1. The first-order valence-corrected chi connectivity index (χ1v) is 6.83. The predicted molar refractivity (Wildman–Crippen MR) is 82.2 cm³/mol. The Morgan fingerprint density at radius 2 is 1.96 bits per heavy atom. The fourth-order valence-corrected chi connectivity index (χ4v) is 1.98. The Kier molecular flexibility index (Phi) is 5.48. The lowest BCUT2D eigenvalue weighted by atomic mass is 10.2. The molecule has 0 bridgehead atoms. The van der Waals surface area contributed by atoms with Crippen molar-refractivity contribution in [2.45, 2.75) is 0 Å². The van der Waals surface area contributed by atoms with Gasteiger partial charge in [0.15, 0.2) is 6.61 Å². The van der Waals surface area contributed by atoms with E-state index in [0.717, 1.165) is 0 Å². The van der Waals surface area contributed by atoms with Crippen LogP contribution in [0.25, 0.3) is 0 Å². The highest BCUT2D eigenvalue weighted by molar-refractivity contribution is 6.32. The highest BCUT2D eigenvalue weighted by Crippen LogP contribution is 2.35. The fourth-order valence-electron chi connectivity index (χ4n) is 1.74. The molecule has 7 nitrogen and oxygen atoms in total. The number of hydrogen-bond acceptors (Lipinski definition) is 6. The van der Waals surface area contributed by atoms with Gasteiger partial charge in [-0.1, -0.05) is 11.6 Å². The highest BCUT2D eigenvalue weighted by Gasteiger charge is 2.15. The molecule has 1 N–H and O–H groups in total. The molecule has 0 atom stereocenters. The van der Waals surface area contributed by atoms with Crippen LogP contribution in [-0.2, 0) is 9.53 Å². The molecule has 0 aliphatic rings. The first-order chi connectivity index (χ1) is 11.0. The van der Waals surface area contributed by atoms with E-state index in [9.17, 15) is 9.59 Å². The van der Waals surface area contributed by atoms with Crippen LogP contribution in [0, 0.1) is 0 Å². The van der Waals surface area contributed by atoms with Crippen molar-refractivity contribution < 1.29 is 28.2 Å². The second kappa shape index (κ2) is 7.55. The third-order valence-corrected chi connectivity index (χ3v) is 3.13. The van der Waals surface area contributed by atoms with Crippen LogP contribution in [0.15, 0.2) is 35.1 Å². The van der Waals surface area contributed by atoms with E-state index >= 15 is 0 Å². The van der Waals surface area contributed by atoms with Gasteiger partial charge < -0.3 is 23.9 Å². The number of ether oxygens (including phenoxy) is 3. The summed E-state index contributed by atoms with van der Waals surface area (Å²) >= 11 is 6.01. The van der Waals surface area contributed by atoms with Crippen molar-refractivity contribution in [1.82, 2.24) is 0 Å². The monoisotopic (exact) mass is 339 g/mol. The number of benzene rings is 1. The molecule has 0 spiro atoms. The molecule has 1 heterocycles. The molecule has 2 rings (SSSR count). The minimum Gasteiger partial charge on any atom is -0.495 e. The Balaban J connectivity index is 2.00. The Morgan fingerprint density at radius 3 is 2.57 bits per heavy atom. The maximum Gasteiger partial charge on any atom is 0.341 e. The molecular weight excluding hydrogens is 326 g/mol. The van der Waals surface area contributed by atoms with Crippen LogP contribution in [0.4, 0.5) is 5.69 Å². The van der Waals surface area contributed by atoms with Gasteiger partial charge in [0.1, 0.15) is 17.8 Å². The first-order valence-electron chi connectivity index (χ1n) is 6.46. The second-order valence-electron chi connectivity index (χ2n) is 4.32. The highest BCUT2D eigenvalue weighted by atomic mass is 35.5. The maximum absolute atomic E-state index is 11.9. The van der Waals surface area contributed by atoms with Crippen molar-refractivity contribution in [3.63, 3.8) is 0 Å². The van der Waals surface area contributed by atoms with E-state index in [1.54, 1.807) is 0 Å². The smallest absolute Gasteiger partial charge is 0.341 e. The van der Waals surface area contributed by atoms with Gasteiger partial charge in [0.05, 0.1) is 36.8 Å². The number of carbonyl (C=O) groups is 2. The Labute approximate surface area is 137 Å². The number of rotatable bonds is 6. The molecule has 0 fully saturated rings. The van der Waals surface area contributed by atoms with Gasteiger partial charge in [-0.15, -0.1) is 0 Å². The number of methoxy groups -OCH3 is 2. The molecule has 0 radical (unpaired) electrons. The third kappa shape index (κ3) is 4.17. The van der Waals surface area contributed by atoms with Crippen molar-refractivity contribution >= 4 is 29.2 Å². The quantitative estimate of drug-likeness (QED) is 0.814. The van der Waals surface area contributed by atoms with Crippen molar-refractivity contribution in [3.05, 3.63) is 41.3 Å². The molecule has 0 saturated heterocycles. The minimum absolute atomic E-state index is 0.225. The van der Waals surface area contributed by atoms with Gasteiger partial charge in [-0.2, -0.15) is 0 Å². The number of carbonyl (C=O) groups excluding carboxylic acids is 2. The van der Waals surface area contributed by atoms with E-state index in [0.29, 0.717) is 22.2 Å². The summed E-state index contributed by atoms with van der Waals surface area (Å²) < 4.78 is 19.8. The van der Waals surface area contributed by atoms with Gasteiger partial charge in [0.25, 0.3) is 5.91 Å². The number of hydrogen-bond donors (Lipinski definition) is 1. The van der Waals surface area contributed by atoms with Gasteiger partial charge in [0, 0.05) is 6.07 Å². The number of anilines is 1. The van der Waals surface area contributed by atoms with Crippen LogP contribution in [0.5, 0.6) is 11.5 Å². The Morgan fingerprint density at radius 1 is 1.22 bits per heavy atom. The average Bonchev–Trinajstić information content (AvgIpc) is 3.07. The maximum atomic E-state index is 11.9. The molecule has 0 saturated carbocycles. The summed E-state index contributed by atoms with van der Waals surface area (Å²) in [6.07, 6.45) is 2.56. The molecule has 1 aromatic carbocycles. The van der Waals surface area contributed by atoms with E-state index in [1.165, 1.54) is 44.9 Å². The van der Waals surface area contributed by atoms with Crippen molar-refractivity contribution in [1.29, 1.82) is 0 Å². The number of nitrogens with one attached hydrogen (secondary N) is 1. The summed E-state index contributed by atoms with van der Waals surface area (Å²) in [6.45, 7) is -0.461. The molecule has 0 aliphatic carbocycles. The molecule has 0 unspecified atom stereocenters. The van der Waals surface area contributed by atoms with Gasteiger partial charge in [-0.3, -0.25) is 4.79 Å². The molecule has 122 valence electrons. The molecule has 8 heteroatoms. The number of halogens is 1. The normalized spacial score (nSPS) is 10.0. The van der Waals surface area contributed by atoms with Crippen molar-refractivity contribution in [2.75, 3.05) is 26.1 Å². The Bertz CT molecular complexity index is 698. The van der Waals surface area contributed by atoms with E-state index < -0.39 is 18.5 Å². The lowest BCUT2D eigenvalue weighted by Crippen LogP contribution is -2.21. The van der Waals surface area contributed by atoms with Crippen LogP contribution in [0.1, 0.15) is 10.4 Å². The molecule has 0 aliphatic heterocycles. The molecule has 23 heavy (non-hydrogen) atoms.